The van der Waals surface area contributed by atoms with Crippen LogP contribution in [-0.4, -0.2) is 35.5 Å². The molecule has 1 aliphatic rings. The second kappa shape index (κ2) is 8.06. The summed E-state index contributed by atoms with van der Waals surface area (Å²) >= 11 is 1.57. The van der Waals surface area contributed by atoms with Crippen LogP contribution >= 0.6 is 11.3 Å². The molecule has 3 aromatic rings. The lowest BCUT2D eigenvalue weighted by Crippen LogP contribution is -2.43. The number of thiophene rings is 1. The zero-order valence-electron chi connectivity index (χ0n) is 15.3. The fraction of sp³-hybridized carbons (Fsp3) is 0.333. The van der Waals surface area contributed by atoms with Gasteiger partial charge >= 0.3 is 0 Å². The molecular formula is C21H22N2O3S. The van der Waals surface area contributed by atoms with Crippen molar-refractivity contribution >= 4 is 17.2 Å². The fourth-order valence-electron chi connectivity index (χ4n) is 3.21. The summed E-state index contributed by atoms with van der Waals surface area (Å²) in [5.41, 5.74) is 3.08. The summed E-state index contributed by atoms with van der Waals surface area (Å²) in [5, 5.41) is 1.98. The van der Waals surface area contributed by atoms with Gasteiger partial charge in [0.1, 0.15) is 12.4 Å². The van der Waals surface area contributed by atoms with E-state index in [2.05, 4.69) is 36.2 Å². The standard InChI is InChI=1S/C21H22N2O3S/c1-2-15-5-7-16(8-6-15)18-13-23(9-10-25-18)20(24)12-17-14-26-21(22-17)19-4-3-11-27-19/h3-8,11,14,18H,2,9-10,12-13H2,1H3. The highest BCUT2D eigenvalue weighted by Gasteiger charge is 2.26. The number of hydrogen-bond acceptors (Lipinski definition) is 5. The molecule has 0 aliphatic carbocycles. The first-order chi connectivity index (χ1) is 13.2. The zero-order valence-corrected chi connectivity index (χ0v) is 16.1. The van der Waals surface area contributed by atoms with Gasteiger partial charge in [-0.25, -0.2) is 4.98 Å². The third-order valence-electron chi connectivity index (χ3n) is 4.79. The number of hydrogen-bond donors (Lipinski definition) is 0. The minimum absolute atomic E-state index is 0.0551. The molecule has 1 aromatic carbocycles. The van der Waals surface area contributed by atoms with Gasteiger partial charge in [0, 0.05) is 6.54 Å². The average molecular weight is 382 g/mol. The van der Waals surface area contributed by atoms with Crippen molar-refractivity contribution in [3.63, 3.8) is 0 Å². The molecule has 1 saturated heterocycles. The highest BCUT2D eigenvalue weighted by Crippen LogP contribution is 2.25. The molecule has 0 saturated carbocycles. The number of rotatable bonds is 5. The smallest absolute Gasteiger partial charge is 0.236 e. The summed E-state index contributed by atoms with van der Waals surface area (Å²) in [6.07, 6.45) is 2.76. The summed E-state index contributed by atoms with van der Waals surface area (Å²) in [6, 6.07) is 12.4. The Morgan fingerprint density at radius 3 is 2.89 bits per heavy atom. The third kappa shape index (κ3) is 4.12. The molecule has 2 aromatic heterocycles. The number of carbonyl (C=O) groups excluding carboxylic acids is 1. The minimum atomic E-state index is -0.0763. The van der Waals surface area contributed by atoms with Crippen molar-refractivity contribution in [2.24, 2.45) is 0 Å². The first-order valence-corrected chi connectivity index (χ1v) is 10.1. The SMILES string of the molecule is CCc1ccc(C2CN(C(=O)Cc3coc(-c4cccs4)n3)CCO2)cc1. The molecule has 27 heavy (non-hydrogen) atoms. The Labute approximate surface area is 162 Å². The molecule has 0 spiro atoms. The van der Waals surface area contributed by atoms with Gasteiger partial charge in [-0.15, -0.1) is 11.3 Å². The van der Waals surface area contributed by atoms with Crippen LogP contribution in [0.25, 0.3) is 10.8 Å². The van der Waals surface area contributed by atoms with Gasteiger partial charge < -0.3 is 14.1 Å². The molecule has 5 nitrogen and oxygen atoms in total. The van der Waals surface area contributed by atoms with Gasteiger partial charge in [-0.3, -0.25) is 4.79 Å². The van der Waals surface area contributed by atoms with Crippen LogP contribution in [0, 0.1) is 0 Å². The Balaban J connectivity index is 1.39. The maximum absolute atomic E-state index is 12.7. The van der Waals surface area contributed by atoms with E-state index in [4.69, 9.17) is 9.15 Å². The van der Waals surface area contributed by atoms with Crippen molar-refractivity contribution < 1.29 is 13.9 Å². The molecule has 3 heterocycles. The maximum Gasteiger partial charge on any atom is 0.236 e. The lowest BCUT2D eigenvalue weighted by atomic mass is 10.0. The Bertz CT molecular complexity index is 887. The van der Waals surface area contributed by atoms with Crippen LogP contribution in [-0.2, 0) is 22.4 Å². The van der Waals surface area contributed by atoms with Crippen molar-refractivity contribution in [1.82, 2.24) is 9.88 Å². The van der Waals surface area contributed by atoms with Gasteiger partial charge in [0.2, 0.25) is 11.8 Å². The predicted molar refractivity (Wildman–Crippen MR) is 105 cm³/mol. The summed E-state index contributed by atoms with van der Waals surface area (Å²) in [5.74, 6) is 0.628. The highest BCUT2D eigenvalue weighted by atomic mass is 32.1. The molecule has 0 radical (unpaired) electrons. The van der Waals surface area contributed by atoms with Crippen LogP contribution < -0.4 is 0 Å². The predicted octanol–water partition coefficient (Wildman–Crippen LogP) is 4.11. The fourth-order valence-corrected chi connectivity index (χ4v) is 3.87. The lowest BCUT2D eigenvalue weighted by molar-refractivity contribution is -0.138. The van der Waals surface area contributed by atoms with E-state index in [1.54, 1.807) is 17.6 Å². The summed E-state index contributed by atoms with van der Waals surface area (Å²) in [6.45, 7) is 3.86. The van der Waals surface area contributed by atoms with Crippen LogP contribution in [0.15, 0.2) is 52.5 Å². The molecule has 1 atom stereocenters. The van der Waals surface area contributed by atoms with E-state index in [0.29, 0.717) is 31.3 Å². The molecule has 0 bridgehead atoms. The second-order valence-corrected chi connectivity index (χ2v) is 7.54. The summed E-state index contributed by atoms with van der Waals surface area (Å²) in [4.78, 5) is 20.0. The molecule has 6 heteroatoms. The monoisotopic (exact) mass is 382 g/mol. The number of nitrogens with zero attached hydrogens (tertiary/aromatic N) is 2. The van der Waals surface area contributed by atoms with Gasteiger partial charge in [0.05, 0.1) is 30.1 Å². The van der Waals surface area contributed by atoms with Gasteiger partial charge in [-0.05, 0) is 29.0 Å². The van der Waals surface area contributed by atoms with E-state index >= 15 is 0 Å². The van der Waals surface area contributed by atoms with Gasteiger partial charge in [-0.1, -0.05) is 37.3 Å². The van der Waals surface area contributed by atoms with E-state index in [0.717, 1.165) is 16.9 Å². The number of amides is 1. The van der Waals surface area contributed by atoms with Crippen LogP contribution in [0.4, 0.5) is 0 Å². The van der Waals surface area contributed by atoms with Crippen LogP contribution in [0.1, 0.15) is 29.8 Å². The zero-order chi connectivity index (χ0) is 18.6. The maximum atomic E-state index is 12.7. The lowest BCUT2D eigenvalue weighted by Gasteiger charge is -2.33. The van der Waals surface area contributed by atoms with E-state index in [1.807, 2.05) is 22.4 Å². The van der Waals surface area contributed by atoms with E-state index in [1.165, 1.54) is 5.56 Å². The first-order valence-electron chi connectivity index (χ1n) is 9.19. The quantitative estimate of drug-likeness (QED) is 0.666. The third-order valence-corrected chi connectivity index (χ3v) is 5.65. The summed E-state index contributed by atoms with van der Waals surface area (Å²) < 4.78 is 11.4. The molecule has 1 amide bonds. The van der Waals surface area contributed by atoms with Crippen molar-refractivity contribution in [2.75, 3.05) is 19.7 Å². The Morgan fingerprint density at radius 1 is 1.30 bits per heavy atom. The number of aromatic nitrogens is 1. The van der Waals surface area contributed by atoms with E-state index in [9.17, 15) is 4.79 Å². The van der Waals surface area contributed by atoms with Gasteiger partial charge in [0.25, 0.3) is 0 Å². The normalized spacial score (nSPS) is 17.2. The first kappa shape index (κ1) is 17.9. The molecule has 0 N–H and O–H groups in total. The van der Waals surface area contributed by atoms with Crippen molar-refractivity contribution in [1.29, 1.82) is 0 Å². The average Bonchev–Trinajstić information content (AvgIpc) is 3.40. The number of morpholine rings is 1. The molecule has 4 rings (SSSR count). The largest absolute Gasteiger partial charge is 0.444 e. The second-order valence-electron chi connectivity index (χ2n) is 6.59. The minimum Gasteiger partial charge on any atom is -0.444 e. The Hall–Kier alpha value is -2.44. The molecule has 1 aliphatic heterocycles. The van der Waals surface area contributed by atoms with Gasteiger partial charge in [-0.2, -0.15) is 0 Å². The summed E-state index contributed by atoms with van der Waals surface area (Å²) in [7, 11) is 0. The van der Waals surface area contributed by atoms with Gasteiger partial charge in [0.15, 0.2) is 0 Å². The van der Waals surface area contributed by atoms with Crippen LogP contribution in [0.5, 0.6) is 0 Å². The highest BCUT2D eigenvalue weighted by molar-refractivity contribution is 7.13. The molecule has 1 unspecified atom stereocenters. The van der Waals surface area contributed by atoms with E-state index < -0.39 is 0 Å². The number of ether oxygens (including phenoxy) is 1. The molecule has 1 fully saturated rings. The van der Waals surface area contributed by atoms with Crippen LogP contribution in [0.3, 0.4) is 0 Å². The number of carbonyl (C=O) groups is 1. The molecular weight excluding hydrogens is 360 g/mol. The number of oxazole rings is 1. The van der Waals surface area contributed by atoms with Crippen molar-refractivity contribution in [3.05, 3.63) is 64.9 Å². The number of benzene rings is 1. The number of aryl methyl sites for hydroxylation is 1. The van der Waals surface area contributed by atoms with Crippen molar-refractivity contribution in [2.45, 2.75) is 25.9 Å². The Morgan fingerprint density at radius 2 is 2.15 bits per heavy atom. The Kier molecular flexibility index (Phi) is 5.36. The van der Waals surface area contributed by atoms with E-state index in [-0.39, 0.29) is 18.4 Å². The topological polar surface area (TPSA) is 55.6 Å². The van der Waals surface area contributed by atoms with Crippen LogP contribution in [0.2, 0.25) is 0 Å². The van der Waals surface area contributed by atoms with Crippen molar-refractivity contribution in [3.8, 4) is 10.8 Å². The molecule has 140 valence electrons.